The van der Waals surface area contributed by atoms with Gasteiger partial charge in [-0.2, -0.15) is 5.10 Å². The van der Waals surface area contributed by atoms with Gasteiger partial charge in [-0.15, -0.1) is 0 Å². The lowest BCUT2D eigenvalue weighted by atomic mass is 10.0. The molecule has 1 fully saturated rings. The van der Waals surface area contributed by atoms with E-state index in [1.807, 2.05) is 48.0 Å². The van der Waals surface area contributed by atoms with Crippen LogP contribution in [0.5, 0.6) is 5.75 Å². The van der Waals surface area contributed by atoms with E-state index >= 15 is 0 Å². The predicted molar refractivity (Wildman–Crippen MR) is 122 cm³/mol. The molecule has 6 nitrogen and oxygen atoms in total. The van der Waals surface area contributed by atoms with Crippen LogP contribution < -0.4 is 10.1 Å². The first-order valence-electron chi connectivity index (χ1n) is 10.8. The minimum absolute atomic E-state index is 0.0945. The van der Waals surface area contributed by atoms with Crippen molar-refractivity contribution in [1.82, 2.24) is 20.0 Å². The Labute approximate surface area is 183 Å². The van der Waals surface area contributed by atoms with Crippen LogP contribution in [0.3, 0.4) is 0 Å². The third kappa shape index (κ3) is 4.64. The minimum Gasteiger partial charge on any atom is -0.497 e. The van der Waals surface area contributed by atoms with Crippen molar-refractivity contribution in [3.8, 4) is 11.4 Å². The first kappa shape index (κ1) is 21.1. The zero-order chi connectivity index (χ0) is 21.8. The molecule has 1 aliphatic rings. The molecule has 1 N–H and O–H groups in total. The van der Waals surface area contributed by atoms with E-state index in [0.717, 1.165) is 35.8 Å². The molecule has 1 atom stereocenters. The van der Waals surface area contributed by atoms with Gasteiger partial charge in [0, 0.05) is 6.54 Å². The number of hydrogen-bond donors (Lipinski definition) is 1. The summed E-state index contributed by atoms with van der Waals surface area (Å²) in [5.74, 6) is 0.742. The second-order valence-electron chi connectivity index (χ2n) is 8.14. The fraction of sp³-hybridized carbons (Fsp3) is 0.360. The molecule has 1 amide bonds. The summed E-state index contributed by atoms with van der Waals surface area (Å²) in [6.07, 6.45) is 4.04. The van der Waals surface area contributed by atoms with Gasteiger partial charge in [-0.05, 0) is 69.6 Å². The normalized spacial score (nSPS) is 15.1. The SMILES string of the molecule is COc1cccc([C@@H](CNC(=O)c2cnn(-c3ccc(C)cc3)c2C)N2CCCC2)c1. The molecule has 1 saturated heterocycles. The molecule has 6 heteroatoms. The summed E-state index contributed by atoms with van der Waals surface area (Å²) in [6.45, 7) is 6.62. The van der Waals surface area contributed by atoms with E-state index in [1.165, 1.54) is 18.4 Å². The minimum atomic E-state index is -0.0945. The molecular formula is C25H30N4O2. The number of ether oxygens (including phenoxy) is 1. The number of carbonyl (C=O) groups excluding carboxylic acids is 1. The number of nitrogens with one attached hydrogen (secondary N) is 1. The third-order valence-electron chi connectivity index (χ3n) is 6.05. The number of hydrogen-bond acceptors (Lipinski definition) is 4. The number of rotatable bonds is 7. The Kier molecular flexibility index (Phi) is 6.37. The monoisotopic (exact) mass is 418 g/mol. The van der Waals surface area contributed by atoms with Crippen LogP contribution in [0.2, 0.25) is 0 Å². The van der Waals surface area contributed by atoms with E-state index in [9.17, 15) is 4.79 Å². The number of aryl methyl sites for hydroxylation is 1. The molecule has 2 heterocycles. The number of amides is 1. The topological polar surface area (TPSA) is 59.4 Å². The van der Waals surface area contributed by atoms with E-state index in [2.05, 4.69) is 34.4 Å². The molecule has 0 radical (unpaired) electrons. The highest BCUT2D eigenvalue weighted by Crippen LogP contribution is 2.27. The van der Waals surface area contributed by atoms with Crippen molar-refractivity contribution in [3.05, 3.63) is 77.1 Å². The van der Waals surface area contributed by atoms with Crippen LogP contribution in [0, 0.1) is 13.8 Å². The maximum atomic E-state index is 13.0. The van der Waals surface area contributed by atoms with Gasteiger partial charge in [0.2, 0.25) is 0 Å². The van der Waals surface area contributed by atoms with Crippen molar-refractivity contribution in [3.63, 3.8) is 0 Å². The van der Waals surface area contributed by atoms with Crippen LogP contribution in [0.1, 0.15) is 46.1 Å². The van der Waals surface area contributed by atoms with Crippen molar-refractivity contribution in [2.45, 2.75) is 32.7 Å². The molecule has 4 rings (SSSR count). The number of likely N-dealkylation sites (tertiary alicyclic amines) is 1. The summed E-state index contributed by atoms with van der Waals surface area (Å²) in [6, 6.07) is 16.4. The Morgan fingerprint density at radius 1 is 1.13 bits per heavy atom. The third-order valence-corrected chi connectivity index (χ3v) is 6.05. The quantitative estimate of drug-likeness (QED) is 0.629. The van der Waals surface area contributed by atoms with Gasteiger partial charge in [0.05, 0.1) is 36.3 Å². The number of methoxy groups -OCH3 is 1. The van der Waals surface area contributed by atoms with Gasteiger partial charge in [-0.3, -0.25) is 9.69 Å². The molecule has 1 aliphatic heterocycles. The standard InChI is InChI=1S/C25H30N4O2/c1-18-9-11-21(12-10-18)29-19(2)23(16-27-29)25(30)26-17-24(28-13-4-5-14-28)20-7-6-8-22(15-20)31-3/h6-12,15-16,24H,4-5,13-14,17H2,1-3H3,(H,26,30)/t24-/m1/s1. The Morgan fingerprint density at radius 3 is 2.58 bits per heavy atom. The molecular weight excluding hydrogens is 388 g/mol. The average Bonchev–Trinajstić information content (AvgIpc) is 3.45. The van der Waals surface area contributed by atoms with Crippen LogP contribution in [0.15, 0.2) is 54.7 Å². The van der Waals surface area contributed by atoms with Crippen LogP contribution in [-0.2, 0) is 0 Å². The van der Waals surface area contributed by atoms with Crippen LogP contribution in [0.4, 0.5) is 0 Å². The Balaban J connectivity index is 1.51. The van der Waals surface area contributed by atoms with Gasteiger partial charge in [0.25, 0.3) is 5.91 Å². The molecule has 1 aromatic heterocycles. The van der Waals surface area contributed by atoms with E-state index in [4.69, 9.17) is 4.74 Å². The molecule has 162 valence electrons. The van der Waals surface area contributed by atoms with E-state index in [0.29, 0.717) is 12.1 Å². The molecule has 3 aromatic rings. The lowest BCUT2D eigenvalue weighted by Crippen LogP contribution is -2.37. The molecule has 2 aromatic carbocycles. The smallest absolute Gasteiger partial charge is 0.254 e. The summed E-state index contributed by atoms with van der Waals surface area (Å²) >= 11 is 0. The largest absolute Gasteiger partial charge is 0.497 e. The lowest BCUT2D eigenvalue weighted by molar-refractivity contribution is 0.0937. The summed E-state index contributed by atoms with van der Waals surface area (Å²) in [4.78, 5) is 15.5. The molecule has 0 bridgehead atoms. The highest BCUT2D eigenvalue weighted by molar-refractivity contribution is 5.95. The average molecular weight is 419 g/mol. The van der Waals surface area contributed by atoms with Gasteiger partial charge in [0.1, 0.15) is 5.75 Å². The number of nitrogens with zero attached hydrogens (tertiary/aromatic N) is 3. The number of benzene rings is 2. The van der Waals surface area contributed by atoms with Gasteiger partial charge >= 0.3 is 0 Å². The number of aromatic nitrogens is 2. The Hall–Kier alpha value is -3.12. The van der Waals surface area contributed by atoms with Crippen molar-refractivity contribution >= 4 is 5.91 Å². The predicted octanol–water partition coefficient (Wildman–Crippen LogP) is 4.06. The fourth-order valence-corrected chi connectivity index (χ4v) is 4.22. The molecule has 0 unspecified atom stereocenters. The van der Waals surface area contributed by atoms with Crippen molar-refractivity contribution in [2.75, 3.05) is 26.7 Å². The lowest BCUT2D eigenvalue weighted by Gasteiger charge is -2.28. The highest BCUT2D eigenvalue weighted by atomic mass is 16.5. The zero-order valence-corrected chi connectivity index (χ0v) is 18.5. The van der Waals surface area contributed by atoms with Crippen LogP contribution in [-0.4, -0.2) is 47.3 Å². The summed E-state index contributed by atoms with van der Waals surface area (Å²) in [7, 11) is 1.68. The second-order valence-corrected chi connectivity index (χ2v) is 8.14. The maximum Gasteiger partial charge on any atom is 0.254 e. The zero-order valence-electron chi connectivity index (χ0n) is 18.5. The van der Waals surface area contributed by atoms with Gasteiger partial charge in [-0.1, -0.05) is 29.8 Å². The fourth-order valence-electron chi connectivity index (χ4n) is 4.22. The summed E-state index contributed by atoms with van der Waals surface area (Å²) in [5, 5.41) is 7.60. The van der Waals surface area contributed by atoms with Gasteiger partial charge in [-0.25, -0.2) is 4.68 Å². The highest BCUT2D eigenvalue weighted by Gasteiger charge is 2.25. The van der Waals surface area contributed by atoms with E-state index in [-0.39, 0.29) is 11.9 Å². The molecule has 0 spiro atoms. The Morgan fingerprint density at radius 2 is 1.87 bits per heavy atom. The van der Waals surface area contributed by atoms with Crippen LogP contribution >= 0.6 is 0 Å². The van der Waals surface area contributed by atoms with Crippen molar-refractivity contribution in [1.29, 1.82) is 0 Å². The van der Waals surface area contributed by atoms with E-state index in [1.54, 1.807) is 13.3 Å². The van der Waals surface area contributed by atoms with Crippen LogP contribution in [0.25, 0.3) is 5.69 Å². The van der Waals surface area contributed by atoms with Gasteiger partial charge < -0.3 is 10.1 Å². The summed E-state index contributed by atoms with van der Waals surface area (Å²) in [5.41, 5.74) is 4.74. The molecule has 31 heavy (non-hydrogen) atoms. The first-order chi connectivity index (χ1) is 15.1. The number of carbonyl (C=O) groups is 1. The van der Waals surface area contributed by atoms with Crippen molar-refractivity contribution < 1.29 is 9.53 Å². The maximum absolute atomic E-state index is 13.0. The Bertz CT molecular complexity index is 1040. The second kappa shape index (κ2) is 9.35. The summed E-state index contributed by atoms with van der Waals surface area (Å²) < 4.78 is 7.23. The van der Waals surface area contributed by atoms with Gasteiger partial charge in [0.15, 0.2) is 0 Å². The first-order valence-corrected chi connectivity index (χ1v) is 10.8. The van der Waals surface area contributed by atoms with Crippen molar-refractivity contribution in [2.24, 2.45) is 0 Å². The van der Waals surface area contributed by atoms with E-state index < -0.39 is 0 Å². The molecule has 0 saturated carbocycles. The molecule has 0 aliphatic carbocycles.